The molecule has 1 aliphatic heterocycles. The van der Waals surface area contributed by atoms with Gasteiger partial charge in [-0.3, -0.25) is 9.59 Å². The average molecular weight is 359 g/mol. The SMILES string of the molecule is COc1ccc(S(=O)(=O)CCC(=O)ON2C(=O)CCC2=O)cc1F. The Morgan fingerprint density at radius 1 is 1.25 bits per heavy atom. The van der Waals surface area contributed by atoms with Gasteiger partial charge in [0, 0.05) is 12.8 Å². The van der Waals surface area contributed by atoms with Crippen LogP contribution in [0.15, 0.2) is 23.1 Å². The van der Waals surface area contributed by atoms with Gasteiger partial charge in [-0.05, 0) is 18.2 Å². The lowest BCUT2D eigenvalue weighted by molar-refractivity contribution is -0.197. The van der Waals surface area contributed by atoms with Crippen molar-refractivity contribution in [2.24, 2.45) is 0 Å². The van der Waals surface area contributed by atoms with Crippen molar-refractivity contribution in [2.45, 2.75) is 24.2 Å². The van der Waals surface area contributed by atoms with Gasteiger partial charge in [0.1, 0.15) is 0 Å². The number of hydrogen-bond acceptors (Lipinski definition) is 7. The van der Waals surface area contributed by atoms with Crippen molar-refractivity contribution >= 4 is 27.6 Å². The summed E-state index contributed by atoms with van der Waals surface area (Å²) in [5.74, 6) is -3.99. The van der Waals surface area contributed by atoms with Crippen LogP contribution in [-0.2, 0) is 29.1 Å². The first-order chi connectivity index (χ1) is 11.2. The van der Waals surface area contributed by atoms with Crippen molar-refractivity contribution < 1.29 is 36.8 Å². The van der Waals surface area contributed by atoms with Gasteiger partial charge in [0.25, 0.3) is 11.8 Å². The summed E-state index contributed by atoms with van der Waals surface area (Å²) >= 11 is 0. The highest BCUT2D eigenvalue weighted by atomic mass is 32.2. The molecule has 130 valence electrons. The molecule has 0 saturated carbocycles. The number of carbonyl (C=O) groups excluding carboxylic acids is 3. The fraction of sp³-hybridized carbons (Fsp3) is 0.357. The molecule has 1 fully saturated rings. The number of carbonyl (C=O) groups is 3. The normalized spacial score (nSPS) is 14.8. The Bertz CT molecular complexity index is 774. The Labute approximate surface area is 137 Å². The molecule has 0 spiro atoms. The van der Waals surface area contributed by atoms with Gasteiger partial charge in [0.05, 0.1) is 24.2 Å². The zero-order valence-corrected chi connectivity index (χ0v) is 13.5. The van der Waals surface area contributed by atoms with Gasteiger partial charge in [-0.1, -0.05) is 0 Å². The largest absolute Gasteiger partial charge is 0.494 e. The van der Waals surface area contributed by atoms with E-state index in [1.54, 1.807) is 0 Å². The van der Waals surface area contributed by atoms with Crippen molar-refractivity contribution in [1.29, 1.82) is 0 Å². The third-order valence-electron chi connectivity index (χ3n) is 3.26. The summed E-state index contributed by atoms with van der Waals surface area (Å²) < 4.78 is 42.4. The maximum Gasteiger partial charge on any atom is 0.334 e. The van der Waals surface area contributed by atoms with Crippen LogP contribution in [-0.4, -0.2) is 44.1 Å². The Kier molecular flexibility index (Phi) is 5.17. The quantitative estimate of drug-likeness (QED) is 0.685. The maximum absolute atomic E-state index is 13.6. The van der Waals surface area contributed by atoms with E-state index in [1.807, 2.05) is 0 Å². The molecular weight excluding hydrogens is 345 g/mol. The van der Waals surface area contributed by atoms with Crippen molar-refractivity contribution in [1.82, 2.24) is 5.06 Å². The molecule has 0 aliphatic carbocycles. The van der Waals surface area contributed by atoms with Crippen molar-refractivity contribution in [3.05, 3.63) is 24.0 Å². The van der Waals surface area contributed by atoms with Crippen molar-refractivity contribution in [3.8, 4) is 5.75 Å². The lowest BCUT2D eigenvalue weighted by atomic mass is 10.3. The highest BCUT2D eigenvalue weighted by molar-refractivity contribution is 7.91. The number of sulfone groups is 1. The van der Waals surface area contributed by atoms with Crippen LogP contribution in [0.1, 0.15) is 19.3 Å². The fourth-order valence-electron chi connectivity index (χ4n) is 1.98. The predicted molar refractivity (Wildman–Crippen MR) is 76.8 cm³/mol. The van der Waals surface area contributed by atoms with Gasteiger partial charge in [-0.15, -0.1) is 5.06 Å². The summed E-state index contributed by atoms with van der Waals surface area (Å²) in [7, 11) is -2.71. The number of amides is 2. The smallest absolute Gasteiger partial charge is 0.334 e. The number of halogens is 1. The number of hydroxylamine groups is 2. The van der Waals surface area contributed by atoms with Crippen LogP contribution in [0.4, 0.5) is 4.39 Å². The van der Waals surface area contributed by atoms with Crippen molar-refractivity contribution in [2.75, 3.05) is 12.9 Å². The number of imide groups is 1. The fourth-order valence-corrected chi connectivity index (χ4v) is 3.21. The number of hydrogen-bond donors (Lipinski definition) is 0. The van der Waals surface area contributed by atoms with E-state index in [9.17, 15) is 27.2 Å². The summed E-state index contributed by atoms with van der Waals surface area (Å²) in [5.41, 5.74) is 0. The molecule has 2 rings (SSSR count). The molecule has 0 atom stereocenters. The summed E-state index contributed by atoms with van der Waals surface area (Å²) in [4.78, 5) is 38.4. The van der Waals surface area contributed by atoms with Crippen LogP contribution in [0, 0.1) is 5.82 Å². The highest BCUT2D eigenvalue weighted by Crippen LogP contribution is 2.22. The molecule has 2 amide bonds. The Hall–Kier alpha value is -2.49. The van der Waals surface area contributed by atoms with E-state index in [-0.39, 0.29) is 23.5 Å². The predicted octanol–water partition coefficient (Wildman–Crippen LogP) is 0.605. The Morgan fingerprint density at radius 3 is 2.42 bits per heavy atom. The van der Waals surface area contributed by atoms with Crippen LogP contribution in [0.25, 0.3) is 0 Å². The molecule has 1 aromatic rings. The van der Waals surface area contributed by atoms with Crippen LogP contribution in [0.5, 0.6) is 5.75 Å². The minimum absolute atomic E-state index is 0.0600. The summed E-state index contributed by atoms with van der Waals surface area (Å²) in [6, 6.07) is 3.09. The third-order valence-corrected chi connectivity index (χ3v) is 4.97. The first kappa shape index (κ1) is 17.9. The van der Waals surface area contributed by atoms with Gasteiger partial charge < -0.3 is 9.57 Å². The van der Waals surface area contributed by atoms with Gasteiger partial charge in [0.2, 0.25) is 0 Å². The van der Waals surface area contributed by atoms with Crippen LogP contribution < -0.4 is 4.74 Å². The number of nitrogens with zero attached hydrogens (tertiary/aromatic N) is 1. The van der Waals surface area contributed by atoms with E-state index >= 15 is 0 Å². The second-order valence-corrected chi connectivity index (χ2v) is 7.02. The van der Waals surface area contributed by atoms with E-state index in [0.717, 1.165) is 18.2 Å². The zero-order valence-electron chi connectivity index (χ0n) is 12.7. The number of ether oxygens (including phenoxy) is 1. The molecule has 1 aromatic carbocycles. The van der Waals surface area contributed by atoms with E-state index in [2.05, 4.69) is 4.84 Å². The monoisotopic (exact) mass is 359 g/mol. The molecule has 1 heterocycles. The van der Waals surface area contributed by atoms with Crippen LogP contribution in [0.2, 0.25) is 0 Å². The average Bonchev–Trinajstić information content (AvgIpc) is 2.85. The molecule has 0 N–H and O–H groups in total. The molecule has 10 heteroatoms. The molecule has 0 bridgehead atoms. The van der Waals surface area contributed by atoms with Gasteiger partial charge in [-0.25, -0.2) is 17.6 Å². The number of methoxy groups -OCH3 is 1. The maximum atomic E-state index is 13.6. The lowest BCUT2D eigenvalue weighted by Crippen LogP contribution is -2.32. The lowest BCUT2D eigenvalue weighted by Gasteiger charge is -2.12. The molecule has 0 aromatic heterocycles. The molecular formula is C14H14FNO7S. The Morgan fingerprint density at radius 2 is 1.88 bits per heavy atom. The minimum atomic E-state index is -3.95. The molecule has 1 saturated heterocycles. The van der Waals surface area contributed by atoms with E-state index < -0.39 is 45.6 Å². The minimum Gasteiger partial charge on any atom is -0.494 e. The van der Waals surface area contributed by atoms with Crippen LogP contribution in [0.3, 0.4) is 0 Å². The standard InChI is InChI=1S/C14H14FNO7S/c1-22-11-3-2-9(8-10(11)15)24(20,21)7-6-14(19)23-16-12(17)4-5-13(16)18/h2-3,8H,4-7H2,1H3. The van der Waals surface area contributed by atoms with E-state index in [0.29, 0.717) is 5.06 Å². The molecule has 0 radical (unpaired) electrons. The first-order valence-corrected chi connectivity index (χ1v) is 8.52. The second kappa shape index (κ2) is 6.95. The van der Waals surface area contributed by atoms with Crippen LogP contribution >= 0.6 is 0 Å². The first-order valence-electron chi connectivity index (χ1n) is 6.87. The van der Waals surface area contributed by atoms with Gasteiger partial charge >= 0.3 is 5.97 Å². The zero-order chi connectivity index (χ0) is 17.9. The second-order valence-electron chi connectivity index (χ2n) is 4.91. The summed E-state index contributed by atoms with van der Waals surface area (Å²) in [6.45, 7) is 0. The van der Waals surface area contributed by atoms with Crippen molar-refractivity contribution in [3.63, 3.8) is 0 Å². The van der Waals surface area contributed by atoms with E-state index in [4.69, 9.17) is 4.74 Å². The highest BCUT2D eigenvalue weighted by Gasteiger charge is 2.33. The summed E-state index contributed by atoms with van der Waals surface area (Å²) in [5, 5.41) is 0.335. The van der Waals surface area contributed by atoms with E-state index in [1.165, 1.54) is 7.11 Å². The molecule has 8 nitrogen and oxygen atoms in total. The summed E-state index contributed by atoms with van der Waals surface area (Å²) in [6.07, 6.45) is -0.710. The van der Waals surface area contributed by atoms with Gasteiger partial charge in [0.15, 0.2) is 21.4 Å². The number of rotatable bonds is 6. The van der Waals surface area contributed by atoms with Gasteiger partial charge in [-0.2, -0.15) is 0 Å². The topological polar surface area (TPSA) is 107 Å². The number of benzene rings is 1. The molecule has 24 heavy (non-hydrogen) atoms. The molecule has 0 unspecified atom stereocenters. The Balaban J connectivity index is 1.99. The third kappa shape index (κ3) is 3.88. The molecule has 1 aliphatic rings.